The van der Waals surface area contributed by atoms with Crippen molar-refractivity contribution in [2.75, 3.05) is 7.11 Å². The first kappa shape index (κ1) is 12.8. The van der Waals surface area contributed by atoms with Gasteiger partial charge < -0.3 is 9.84 Å². The third-order valence-electron chi connectivity index (χ3n) is 2.91. The van der Waals surface area contributed by atoms with Crippen molar-refractivity contribution in [3.63, 3.8) is 0 Å². The predicted octanol–water partition coefficient (Wildman–Crippen LogP) is 2.13. The molecule has 0 radical (unpaired) electrons. The minimum absolute atomic E-state index is 0.549. The van der Waals surface area contributed by atoms with Crippen LogP contribution < -0.4 is 0 Å². The Kier molecular flexibility index (Phi) is 4.12. The molecule has 0 aliphatic rings. The summed E-state index contributed by atoms with van der Waals surface area (Å²) in [7, 11) is 1.66. The quantitative estimate of drug-likeness (QED) is 0.879. The van der Waals surface area contributed by atoms with Gasteiger partial charge in [0.15, 0.2) is 0 Å². The van der Waals surface area contributed by atoms with Gasteiger partial charge in [-0.25, -0.2) is 0 Å². The van der Waals surface area contributed by atoms with Crippen LogP contribution in [0.3, 0.4) is 0 Å². The number of benzene rings is 1. The van der Waals surface area contributed by atoms with E-state index in [-0.39, 0.29) is 0 Å². The molecule has 1 atom stereocenters. The first-order valence-electron chi connectivity index (χ1n) is 6.03. The van der Waals surface area contributed by atoms with Crippen LogP contribution in [0.4, 0.5) is 0 Å². The lowest BCUT2D eigenvalue weighted by Crippen LogP contribution is -2.09. The van der Waals surface area contributed by atoms with E-state index in [4.69, 9.17) is 4.74 Å². The van der Waals surface area contributed by atoms with Crippen molar-refractivity contribution in [1.29, 1.82) is 0 Å². The summed E-state index contributed by atoms with van der Waals surface area (Å²) in [6, 6.07) is 9.63. The molecule has 1 N–H and O–H groups in total. The zero-order valence-electron chi connectivity index (χ0n) is 10.7. The number of aromatic nitrogens is 2. The van der Waals surface area contributed by atoms with E-state index in [9.17, 15) is 5.11 Å². The van der Waals surface area contributed by atoms with E-state index in [2.05, 4.69) is 5.10 Å². The molecular weight excluding hydrogens is 228 g/mol. The van der Waals surface area contributed by atoms with Crippen molar-refractivity contribution < 1.29 is 9.84 Å². The fourth-order valence-electron chi connectivity index (χ4n) is 2.03. The van der Waals surface area contributed by atoms with Crippen LogP contribution in [0.15, 0.2) is 36.5 Å². The van der Waals surface area contributed by atoms with Crippen LogP contribution in [-0.4, -0.2) is 22.0 Å². The molecule has 0 bridgehead atoms. The molecule has 4 nitrogen and oxygen atoms in total. The summed E-state index contributed by atoms with van der Waals surface area (Å²) in [6.45, 7) is 3.30. The summed E-state index contributed by atoms with van der Waals surface area (Å²) in [4.78, 5) is 0. The standard InChI is InChI=1S/C14H18N2O2/c1-3-16-13(7-8-15-16)14(17)12-6-4-5-11(9-12)10-18-2/h4-9,14,17H,3,10H2,1-2H3. The smallest absolute Gasteiger partial charge is 0.121 e. The van der Waals surface area contributed by atoms with E-state index in [0.717, 1.165) is 23.4 Å². The van der Waals surface area contributed by atoms with Crippen LogP contribution in [0.1, 0.15) is 29.8 Å². The number of hydrogen-bond donors (Lipinski definition) is 1. The van der Waals surface area contributed by atoms with Gasteiger partial charge in [-0.3, -0.25) is 4.68 Å². The molecule has 1 heterocycles. The molecule has 0 amide bonds. The molecular formula is C14H18N2O2. The van der Waals surface area contributed by atoms with Crippen LogP contribution in [0, 0.1) is 0 Å². The van der Waals surface area contributed by atoms with Crippen LogP contribution in [0.5, 0.6) is 0 Å². The van der Waals surface area contributed by atoms with Crippen LogP contribution in [0.25, 0.3) is 0 Å². The summed E-state index contributed by atoms with van der Waals surface area (Å²) in [6.07, 6.45) is 1.06. The van der Waals surface area contributed by atoms with E-state index in [1.807, 2.05) is 37.3 Å². The fourth-order valence-corrected chi connectivity index (χ4v) is 2.03. The Morgan fingerprint density at radius 1 is 1.39 bits per heavy atom. The van der Waals surface area contributed by atoms with E-state index in [1.165, 1.54) is 0 Å². The summed E-state index contributed by atoms with van der Waals surface area (Å²) in [5, 5.41) is 14.6. The molecule has 96 valence electrons. The highest BCUT2D eigenvalue weighted by Gasteiger charge is 2.14. The SMILES string of the molecule is CCn1nccc1C(O)c1cccc(COC)c1. The van der Waals surface area contributed by atoms with Crippen molar-refractivity contribution in [2.24, 2.45) is 0 Å². The third-order valence-corrected chi connectivity index (χ3v) is 2.91. The second kappa shape index (κ2) is 5.80. The molecule has 4 heteroatoms. The van der Waals surface area contributed by atoms with Gasteiger partial charge >= 0.3 is 0 Å². The number of hydrogen-bond acceptors (Lipinski definition) is 3. The van der Waals surface area contributed by atoms with Gasteiger partial charge in [0.2, 0.25) is 0 Å². The molecule has 0 spiro atoms. The van der Waals surface area contributed by atoms with Gasteiger partial charge in [-0.2, -0.15) is 5.10 Å². The monoisotopic (exact) mass is 246 g/mol. The number of aliphatic hydroxyl groups excluding tert-OH is 1. The second-order valence-corrected chi connectivity index (χ2v) is 4.15. The van der Waals surface area contributed by atoms with E-state index in [0.29, 0.717) is 6.61 Å². The Labute approximate surface area is 107 Å². The third kappa shape index (κ3) is 2.60. The van der Waals surface area contributed by atoms with Gasteiger partial charge in [0.05, 0.1) is 12.3 Å². The topological polar surface area (TPSA) is 47.3 Å². The Morgan fingerprint density at radius 2 is 2.22 bits per heavy atom. The largest absolute Gasteiger partial charge is 0.382 e. The summed E-state index contributed by atoms with van der Waals surface area (Å²) in [5.41, 5.74) is 2.73. The molecule has 0 fully saturated rings. The van der Waals surface area contributed by atoms with Gasteiger partial charge in [0.1, 0.15) is 6.10 Å². The molecule has 1 aromatic heterocycles. The van der Waals surface area contributed by atoms with Crippen molar-refractivity contribution in [3.05, 3.63) is 53.3 Å². The molecule has 0 saturated heterocycles. The van der Waals surface area contributed by atoms with Crippen molar-refractivity contribution in [1.82, 2.24) is 9.78 Å². The van der Waals surface area contributed by atoms with Gasteiger partial charge in [0, 0.05) is 19.9 Å². The van der Waals surface area contributed by atoms with Gasteiger partial charge in [-0.05, 0) is 24.1 Å². The minimum Gasteiger partial charge on any atom is -0.382 e. The highest BCUT2D eigenvalue weighted by atomic mass is 16.5. The maximum Gasteiger partial charge on any atom is 0.121 e. The first-order chi connectivity index (χ1) is 8.76. The first-order valence-corrected chi connectivity index (χ1v) is 6.03. The summed E-state index contributed by atoms with van der Waals surface area (Å²) in [5.74, 6) is 0. The maximum absolute atomic E-state index is 10.4. The molecule has 18 heavy (non-hydrogen) atoms. The van der Waals surface area contributed by atoms with Crippen molar-refractivity contribution in [2.45, 2.75) is 26.2 Å². The number of methoxy groups -OCH3 is 1. The zero-order valence-corrected chi connectivity index (χ0v) is 10.7. The Morgan fingerprint density at radius 3 is 2.94 bits per heavy atom. The summed E-state index contributed by atoms with van der Waals surface area (Å²) < 4.78 is 6.90. The highest BCUT2D eigenvalue weighted by molar-refractivity contribution is 5.29. The summed E-state index contributed by atoms with van der Waals surface area (Å²) >= 11 is 0. The average molecular weight is 246 g/mol. The Balaban J connectivity index is 2.28. The van der Waals surface area contributed by atoms with Crippen LogP contribution in [0.2, 0.25) is 0 Å². The van der Waals surface area contributed by atoms with E-state index >= 15 is 0 Å². The van der Waals surface area contributed by atoms with Crippen molar-refractivity contribution in [3.8, 4) is 0 Å². The van der Waals surface area contributed by atoms with E-state index < -0.39 is 6.10 Å². The fraction of sp³-hybridized carbons (Fsp3) is 0.357. The Hall–Kier alpha value is -1.65. The number of aryl methyl sites for hydroxylation is 1. The molecule has 2 aromatic rings. The average Bonchev–Trinajstić information content (AvgIpc) is 2.87. The minimum atomic E-state index is -0.649. The number of ether oxygens (including phenoxy) is 1. The van der Waals surface area contributed by atoms with Crippen LogP contribution in [-0.2, 0) is 17.9 Å². The van der Waals surface area contributed by atoms with Gasteiger partial charge in [-0.1, -0.05) is 24.3 Å². The molecule has 1 unspecified atom stereocenters. The highest BCUT2D eigenvalue weighted by Crippen LogP contribution is 2.22. The number of nitrogens with zero attached hydrogens (tertiary/aromatic N) is 2. The predicted molar refractivity (Wildman–Crippen MR) is 69.1 cm³/mol. The molecule has 0 saturated carbocycles. The molecule has 0 aliphatic heterocycles. The van der Waals surface area contributed by atoms with Gasteiger partial charge in [-0.15, -0.1) is 0 Å². The van der Waals surface area contributed by atoms with Crippen molar-refractivity contribution >= 4 is 0 Å². The lowest BCUT2D eigenvalue weighted by Gasteiger charge is -2.13. The lowest BCUT2D eigenvalue weighted by molar-refractivity contribution is 0.183. The normalized spacial score (nSPS) is 12.6. The maximum atomic E-state index is 10.4. The molecule has 1 aromatic carbocycles. The lowest BCUT2D eigenvalue weighted by atomic mass is 10.0. The number of rotatable bonds is 5. The Bertz CT molecular complexity index is 508. The zero-order chi connectivity index (χ0) is 13.0. The number of aliphatic hydroxyl groups is 1. The molecule has 0 aliphatic carbocycles. The van der Waals surface area contributed by atoms with E-state index in [1.54, 1.807) is 18.0 Å². The second-order valence-electron chi connectivity index (χ2n) is 4.15. The van der Waals surface area contributed by atoms with Crippen LogP contribution >= 0.6 is 0 Å². The molecule has 2 rings (SSSR count). The van der Waals surface area contributed by atoms with Gasteiger partial charge in [0.25, 0.3) is 0 Å².